The SMILES string of the molecule is COC1=CC=C(c2ccc(CCC(=O)O)n2-c2ccc3ccccc3c2)CC1. The lowest BCUT2D eigenvalue weighted by atomic mass is 10.0. The van der Waals surface area contributed by atoms with Gasteiger partial charge in [0.05, 0.1) is 19.3 Å². The Morgan fingerprint density at radius 2 is 1.86 bits per heavy atom. The van der Waals surface area contributed by atoms with Gasteiger partial charge in [-0.1, -0.05) is 36.4 Å². The van der Waals surface area contributed by atoms with E-state index in [1.54, 1.807) is 7.11 Å². The third-order valence-electron chi connectivity index (χ3n) is 5.25. The fourth-order valence-corrected chi connectivity index (χ4v) is 3.78. The molecule has 28 heavy (non-hydrogen) atoms. The van der Waals surface area contributed by atoms with Crippen LogP contribution in [0, 0.1) is 0 Å². The summed E-state index contributed by atoms with van der Waals surface area (Å²) < 4.78 is 7.55. The van der Waals surface area contributed by atoms with Crippen LogP contribution >= 0.6 is 0 Å². The number of aryl methyl sites for hydroxylation is 1. The Morgan fingerprint density at radius 3 is 2.57 bits per heavy atom. The van der Waals surface area contributed by atoms with Crippen molar-refractivity contribution < 1.29 is 14.6 Å². The zero-order valence-corrected chi connectivity index (χ0v) is 15.9. The Bertz CT molecular complexity index is 1090. The Hall–Kier alpha value is -3.27. The van der Waals surface area contributed by atoms with Crippen LogP contribution in [0.25, 0.3) is 22.0 Å². The number of fused-ring (bicyclic) bond motifs is 1. The van der Waals surface area contributed by atoms with Crippen LogP contribution in [0.1, 0.15) is 30.7 Å². The highest BCUT2D eigenvalue weighted by Gasteiger charge is 2.17. The summed E-state index contributed by atoms with van der Waals surface area (Å²) in [5, 5.41) is 11.5. The number of hydrogen-bond donors (Lipinski definition) is 1. The number of nitrogens with zero attached hydrogens (tertiary/aromatic N) is 1. The van der Waals surface area contributed by atoms with Crippen LogP contribution in [0.5, 0.6) is 0 Å². The summed E-state index contributed by atoms with van der Waals surface area (Å²) in [6, 6.07) is 18.8. The van der Waals surface area contributed by atoms with E-state index in [0.29, 0.717) is 6.42 Å². The maximum atomic E-state index is 11.1. The van der Waals surface area contributed by atoms with Crippen LogP contribution in [-0.4, -0.2) is 22.8 Å². The van der Waals surface area contributed by atoms with Crippen molar-refractivity contribution in [2.75, 3.05) is 7.11 Å². The molecule has 0 radical (unpaired) electrons. The van der Waals surface area contributed by atoms with Gasteiger partial charge in [0.1, 0.15) is 0 Å². The third-order valence-corrected chi connectivity index (χ3v) is 5.25. The Labute approximate surface area is 164 Å². The summed E-state index contributed by atoms with van der Waals surface area (Å²) in [5.74, 6) is 0.205. The first-order chi connectivity index (χ1) is 13.7. The van der Waals surface area contributed by atoms with Crippen molar-refractivity contribution in [3.63, 3.8) is 0 Å². The Balaban J connectivity index is 1.82. The monoisotopic (exact) mass is 373 g/mol. The van der Waals surface area contributed by atoms with Gasteiger partial charge >= 0.3 is 5.97 Å². The molecule has 1 heterocycles. The maximum absolute atomic E-state index is 11.1. The van der Waals surface area contributed by atoms with Gasteiger partial charge in [-0.25, -0.2) is 0 Å². The number of carboxylic acids is 1. The van der Waals surface area contributed by atoms with Crippen molar-refractivity contribution in [1.29, 1.82) is 0 Å². The number of hydrogen-bond acceptors (Lipinski definition) is 2. The molecule has 0 saturated carbocycles. The maximum Gasteiger partial charge on any atom is 0.303 e. The quantitative estimate of drug-likeness (QED) is 0.633. The second-order valence-electron chi connectivity index (χ2n) is 7.00. The fourth-order valence-electron chi connectivity index (χ4n) is 3.78. The largest absolute Gasteiger partial charge is 0.501 e. The molecule has 0 saturated heterocycles. The lowest BCUT2D eigenvalue weighted by Crippen LogP contribution is -2.07. The van der Waals surface area contributed by atoms with E-state index in [1.807, 2.05) is 24.3 Å². The van der Waals surface area contributed by atoms with E-state index in [1.165, 1.54) is 16.3 Å². The van der Waals surface area contributed by atoms with E-state index < -0.39 is 5.97 Å². The van der Waals surface area contributed by atoms with Crippen molar-refractivity contribution in [3.8, 4) is 5.69 Å². The molecule has 4 rings (SSSR count). The van der Waals surface area contributed by atoms with Crippen LogP contribution in [0.2, 0.25) is 0 Å². The summed E-state index contributed by atoms with van der Waals surface area (Å²) in [7, 11) is 1.70. The lowest BCUT2D eigenvalue weighted by Gasteiger charge is -2.19. The summed E-state index contributed by atoms with van der Waals surface area (Å²) in [4.78, 5) is 11.1. The smallest absolute Gasteiger partial charge is 0.303 e. The molecule has 0 bridgehead atoms. The number of methoxy groups -OCH3 is 1. The summed E-state index contributed by atoms with van der Waals surface area (Å²) in [6.45, 7) is 0. The number of allylic oxidation sites excluding steroid dienone is 4. The average Bonchev–Trinajstić information content (AvgIpc) is 3.16. The van der Waals surface area contributed by atoms with E-state index in [0.717, 1.165) is 35.7 Å². The molecule has 0 spiro atoms. The van der Waals surface area contributed by atoms with Gasteiger partial charge in [0.25, 0.3) is 0 Å². The van der Waals surface area contributed by atoms with Crippen LogP contribution in [0.15, 0.2) is 72.5 Å². The average molecular weight is 373 g/mol. The van der Waals surface area contributed by atoms with Gasteiger partial charge in [-0.15, -0.1) is 0 Å². The standard InChI is InChI=1S/C24H23NO3/c1-28-22-12-7-18(8-13-22)23-14-10-20(11-15-24(26)27)25(23)21-9-6-17-4-2-3-5-19(17)16-21/h2-7,9-10,12,14,16H,8,11,13,15H2,1H3,(H,26,27). The number of carbonyl (C=O) groups is 1. The first-order valence-electron chi connectivity index (χ1n) is 9.51. The Kier molecular flexibility index (Phi) is 5.02. The van der Waals surface area contributed by atoms with Crippen molar-refractivity contribution in [3.05, 3.63) is 83.9 Å². The predicted molar refractivity (Wildman–Crippen MR) is 112 cm³/mol. The normalized spacial score (nSPS) is 13.9. The molecular formula is C24H23NO3. The molecule has 0 amide bonds. The molecule has 2 aromatic carbocycles. The second kappa shape index (κ2) is 7.77. The van der Waals surface area contributed by atoms with Crippen molar-refractivity contribution in [2.24, 2.45) is 0 Å². The molecule has 0 unspecified atom stereocenters. The van der Waals surface area contributed by atoms with Gasteiger partial charge in [0.15, 0.2) is 0 Å². The predicted octanol–water partition coefficient (Wildman–Crippen LogP) is 5.36. The van der Waals surface area contributed by atoms with E-state index in [-0.39, 0.29) is 6.42 Å². The number of aliphatic carboxylic acids is 1. The van der Waals surface area contributed by atoms with Gasteiger partial charge in [0, 0.05) is 23.5 Å². The zero-order valence-electron chi connectivity index (χ0n) is 15.9. The van der Waals surface area contributed by atoms with Gasteiger partial charge in [-0.2, -0.15) is 0 Å². The van der Waals surface area contributed by atoms with Crippen molar-refractivity contribution in [2.45, 2.75) is 25.7 Å². The van der Waals surface area contributed by atoms with Gasteiger partial charge in [-0.05, 0) is 59.5 Å². The van der Waals surface area contributed by atoms with Gasteiger partial charge in [0.2, 0.25) is 0 Å². The van der Waals surface area contributed by atoms with E-state index in [9.17, 15) is 4.79 Å². The van der Waals surface area contributed by atoms with Crippen LogP contribution < -0.4 is 0 Å². The van der Waals surface area contributed by atoms with Gasteiger partial charge < -0.3 is 14.4 Å². The van der Waals surface area contributed by atoms with Crippen LogP contribution in [0.3, 0.4) is 0 Å². The highest BCUT2D eigenvalue weighted by atomic mass is 16.5. The van der Waals surface area contributed by atoms with Crippen molar-refractivity contribution >= 4 is 22.3 Å². The molecule has 1 aliphatic rings. The summed E-state index contributed by atoms with van der Waals surface area (Å²) in [5.41, 5.74) is 4.41. The topological polar surface area (TPSA) is 51.5 Å². The molecule has 142 valence electrons. The highest BCUT2D eigenvalue weighted by Crippen LogP contribution is 2.32. The third kappa shape index (κ3) is 3.58. The number of carboxylic acid groups (broad SMARTS) is 1. The zero-order chi connectivity index (χ0) is 19.5. The minimum absolute atomic E-state index is 0.115. The van der Waals surface area contributed by atoms with Gasteiger partial charge in [-0.3, -0.25) is 4.79 Å². The number of rotatable bonds is 6. The molecular weight excluding hydrogens is 350 g/mol. The van der Waals surface area contributed by atoms with Crippen LogP contribution in [-0.2, 0) is 16.0 Å². The molecule has 1 N–H and O–H groups in total. The molecule has 0 atom stereocenters. The van der Waals surface area contributed by atoms with Crippen molar-refractivity contribution in [1.82, 2.24) is 4.57 Å². The molecule has 1 aliphatic carbocycles. The number of ether oxygens (including phenoxy) is 1. The minimum atomic E-state index is -0.780. The highest BCUT2D eigenvalue weighted by molar-refractivity contribution is 5.84. The molecule has 1 aromatic heterocycles. The van der Waals surface area contributed by atoms with Crippen LogP contribution in [0.4, 0.5) is 0 Å². The summed E-state index contributed by atoms with van der Waals surface area (Å²) >= 11 is 0. The molecule has 0 aliphatic heterocycles. The molecule has 4 nitrogen and oxygen atoms in total. The fraction of sp³-hybridized carbons (Fsp3) is 0.208. The molecule has 3 aromatic rings. The second-order valence-corrected chi connectivity index (χ2v) is 7.00. The van der Waals surface area contributed by atoms with E-state index in [2.05, 4.69) is 47.0 Å². The molecule has 0 fully saturated rings. The first kappa shape index (κ1) is 18.1. The van der Waals surface area contributed by atoms with E-state index in [4.69, 9.17) is 9.84 Å². The Morgan fingerprint density at radius 1 is 1.04 bits per heavy atom. The minimum Gasteiger partial charge on any atom is -0.501 e. The number of benzene rings is 2. The number of aromatic nitrogens is 1. The lowest BCUT2D eigenvalue weighted by molar-refractivity contribution is -0.136. The summed E-state index contributed by atoms with van der Waals surface area (Å²) in [6.07, 6.45) is 6.51. The van der Waals surface area contributed by atoms with E-state index >= 15 is 0 Å². The first-order valence-corrected chi connectivity index (χ1v) is 9.51. The molecule has 4 heteroatoms.